The molecule has 6 nitrogen and oxygen atoms in total. The molecule has 3 aromatic rings. The maximum atomic E-state index is 13.6. The highest BCUT2D eigenvalue weighted by molar-refractivity contribution is 7.89. The molecule has 0 fully saturated rings. The predicted molar refractivity (Wildman–Crippen MR) is 126 cm³/mol. The average molecular weight is 460 g/mol. The van der Waals surface area contributed by atoms with Crippen LogP contribution in [0.4, 0.5) is 0 Å². The molecule has 0 unspecified atom stereocenters. The Hall–Kier alpha value is -2.29. The lowest BCUT2D eigenvalue weighted by molar-refractivity contribution is 0.0944. The third-order valence-corrected chi connectivity index (χ3v) is 7.41. The Morgan fingerprint density at radius 3 is 2.48 bits per heavy atom. The Balaban J connectivity index is 1.89. The van der Waals surface area contributed by atoms with Gasteiger partial charge in [0.25, 0.3) is 5.91 Å². The van der Waals surface area contributed by atoms with Gasteiger partial charge in [0.15, 0.2) is 0 Å². The van der Waals surface area contributed by atoms with Gasteiger partial charge in [0, 0.05) is 23.9 Å². The zero-order valence-corrected chi connectivity index (χ0v) is 20.0. The van der Waals surface area contributed by atoms with Crippen LogP contribution in [0.3, 0.4) is 0 Å². The minimum Gasteiger partial charge on any atom is -0.350 e. The standard InChI is InChI=1S/C23H29N3O3S2/c1-16(2)12-24-23(27)20-15-30-22(25-20)14-26(13-17(3)4)31(28,29)21-11-7-9-18-8-5-6-10-19(18)21/h5-11,15-17H,12-14H2,1-4H3,(H,24,27). The van der Waals surface area contributed by atoms with Gasteiger partial charge in [-0.1, -0.05) is 64.1 Å². The van der Waals surface area contributed by atoms with E-state index in [-0.39, 0.29) is 23.3 Å². The van der Waals surface area contributed by atoms with E-state index < -0.39 is 10.0 Å². The lowest BCUT2D eigenvalue weighted by Gasteiger charge is -2.24. The summed E-state index contributed by atoms with van der Waals surface area (Å²) in [6, 6.07) is 12.8. The monoisotopic (exact) mass is 459 g/mol. The molecule has 0 bridgehead atoms. The number of hydrogen-bond donors (Lipinski definition) is 1. The Kier molecular flexibility index (Phi) is 7.46. The van der Waals surface area contributed by atoms with Gasteiger partial charge in [-0.2, -0.15) is 4.31 Å². The molecule has 0 saturated carbocycles. The fourth-order valence-corrected chi connectivity index (χ4v) is 5.89. The summed E-state index contributed by atoms with van der Waals surface area (Å²) in [5.74, 6) is 0.247. The van der Waals surface area contributed by atoms with Gasteiger partial charge in [0.05, 0.1) is 11.4 Å². The van der Waals surface area contributed by atoms with Crippen molar-refractivity contribution in [2.75, 3.05) is 13.1 Å². The molecule has 0 aliphatic heterocycles. The van der Waals surface area contributed by atoms with Crippen molar-refractivity contribution in [3.8, 4) is 0 Å². The Morgan fingerprint density at radius 2 is 1.77 bits per heavy atom. The van der Waals surface area contributed by atoms with Gasteiger partial charge >= 0.3 is 0 Å². The number of nitrogens with one attached hydrogen (secondary N) is 1. The summed E-state index contributed by atoms with van der Waals surface area (Å²) in [5.41, 5.74) is 0.327. The lowest BCUT2D eigenvalue weighted by atomic mass is 10.1. The van der Waals surface area contributed by atoms with Gasteiger partial charge < -0.3 is 5.32 Å². The zero-order valence-electron chi connectivity index (χ0n) is 18.3. The fraction of sp³-hybridized carbons (Fsp3) is 0.391. The molecule has 0 aliphatic carbocycles. The highest BCUT2D eigenvalue weighted by Crippen LogP contribution is 2.28. The van der Waals surface area contributed by atoms with Crippen molar-refractivity contribution in [3.05, 3.63) is 58.5 Å². The second-order valence-corrected chi connectivity index (χ2v) is 11.2. The first-order chi connectivity index (χ1) is 14.7. The van der Waals surface area contributed by atoms with Crippen molar-refractivity contribution in [2.45, 2.75) is 39.1 Å². The quantitative estimate of drug-likeness (QED) is 0.510. The number of carbonyl (C=O) groups is 1. The van der Waals surface area contributed by atoms with Crippen LogP contribution in [-0.2, 0) is 16.6 Å². The van der Waals surface area contributed by atoms with Crippen LogP contribution in [0, 0.1) is 11.8 Å². The molecule has 1 amide bonds. The van der Waals surface area contributed by atoms with Gasteiger partial charge in [-0.05, 0) is 23.3 Å². The number of benzene rings is 2. The number of amides is 1. The molecule has 2 aromatic carbocycles. The van der Waals surface area contributed by atoms with Crippen LogP contribution >= 0.6 is 11.3 Å². The second kappa shape index (κ2) is 9.89. The lowest BCUT2D eigenvalue weighted by Crippen LogP contribution is -2.34. The van der Waals surface area contributed by atoms with Gasteiger partial charge in [0.1, 0.15) is 10.7 Å². The summed E-state index contributed by atoms with van der Waals surface area (Å²) in [6.07, 6.45) is 0. The van der Waals surface area contributed by atoms with E-state index in [0.29, 0.717) is 35.1 Å². The number of aromatic nitrogens is 1. The van der Waals surface area contributed by atoms with Gasteiger partial charge in [-0.25, -0.2) is 13.4 Å². The Labute approximate surface area is 188 Å². The summed E-state index contributed by atoms with van der Waals surface area (Å²) in [6.45, 7) is 9.08. The van der Waals surface area contributed by atoms with E-state index in [1.54, 1.807) is 17.5 Å². The largest absolute Gasteiger partial charge is 0.350 e. The van der Waals surface area contributed by atoms with Gasteiger partial charge in [0.2, 0.25) is 10.0 Å². The van der Waals surface area contributed by atoms with E-state index >= 15 is 0 Å². The van der Waals surface area contributed by atoms with E-state index in [1.807, 2.05) is 58.0 Å². The maximum absolute atomic E-state index is 13.6. The minimum atomic E-state index is -3.75. The second-order valence-electron chi connectivity index (χ2n) is 8.40. The molecule has 0 aliphatic rings. The van der Waals surface area contributed by atoms with Crippen LogP contribution in [0.15, 0.2) is 52.7 Å². The van der Waals surface area contributed by atoms with Crippen molar-refractivity contribution < 1.29 is 13.2 Å². The van der Waals surface area contributed by atoms with Gasteiger partial charge in [-0.3, -0.25) is 4.79 Å². The maximum Gasteiger partial charge on any atom is 0.270 e. The number of sulfonamides is 1. The van der Waals surface area contributed by atoms with Crippen LogP contribution in [0.2, 0.25) is 0 Å². The van der Waals surface area contributed by atoms with E-state index in [1.165, 1.54) is 15.6 Å². The van der Waals surface area contributed by atoms with E-state index in [9.17, 15) is 13.2 Å². The number of nitrogens with zero attached hydrogens (tertiary/aromatic N) is 2. The normalized spacial score (nSPS) is 12.2. The Morgan fingerprint density at radius 1 is 1.06 bits per heavy atom. The van der Waals surface area contributed by atoms with Gasteiger partial charge in [-0.15, -0.1) is 11.3 Å². The van der Waals surface area contributed by atoms with Crippen molar-refractivity contribution in [1.82, 2.24) is 14.6 Å². The molecule has 8 heteroatoms. The molecule has 1 heterocycles. The SMILES string of the molecule is CC(C)CNC(=O)c1csc(CN(CC(C)C)S(=O)(=O)c2cccc3ccccc23)n1. The van der Waals surface area contributed by atoms with Crippen molar-refractivity contribution >= 4 is 38.0 Å². The zero-order chi connectivity index (χ0) is 22.6. The third-order valence-electron chi connectivity index (χ3n) is 4.70. The van der Waals surface area contributed by atoms with Crippen LogP contribution in [0.1, 0.15) is 43.2 Å². The number of fused-ring (bicyclic) bond motifs is 1. The molecular weight excluding hydrogens is 430 g/mol. The fourth-order valence-electron chi connectivity index (χ4n) is 3.24. The molecule has 0 saturated heterocycles. The molecule has 1 N–H and O–H groups in total. The summed E-state index contributed by atoms with van der Waals surface area (Å²) >= 11 is 1.30. The molecule has 1 aromatic heterocycles. The first-order valence-electron chi connectivity index (χ1n) is 10.4. The summed E-state index contributed by atoms with van der Waals surface area (Å²) in [5, 5.41) is 6.71. The molecule has 0 spiro atoms. The topological polar surface area (TPSA) is 79.4 Å². The number of carbonyl (C=O) groups excluding carboxylic acids is 1. The van der Waals surface area contributed by atoms with E-state index in [4.69, 9.17) is 0 Å². The summed E-state index contributed by atoms with van der Waals surface area (Å²) < 4.78 is 28.7. The molecule has 31 heavy (non-hydrogen) atoms. The number of thiazole rings is 1. The molecule has 0 radical (unpaired) electrons. The highest BCUT2D eigenvalue weighted by Gasteiger charge is 2.28. The smallest absolute Gasteiger partial charge is 0.270 e. The first kappa shape index (κ1) is 23.4. The molecule has 0 atom stereocenters. The van der Waals surface area contributed by atoms with E-state index in [2.05, 4.69) is 10.3 Å². The summed E-state index contributed by atoms with van der Waals surface area (Å²) in [4.78, 5) is 17.0. The van der Waals surface area contributed by atoms with Crippen LogP contribution < -0.4 is 5.32 Å². The van der Waals surface area contributed by atoms with Crippen LogP contribution in [-0.4, -0.2) is 36.7 Å². The summed E-state index contributed by atoms with van der Waals surface area (Å²) in [7, 11) is -3.75. The Bertz CT molecular complexity index is 1150. The van der Waals surface area contributed by atoms with Crippen molar-refractivity contribution in [1.29, 1.82) is 0 Å². The number of hydrogen-bond acceptors (Lipinski definition) is 5. The first-order valence-corrected chi connectivity index (χ1v) is 12.7. The average Bonchev–Trinajstić information content (AvgIpc) is 3.19. The van der Waals surface area contributed by atoms with E-state index in [0.717, 1.165) is 5.39 Å². The van der Waals surface area contributed by atoms with Crippen molar-refractivity contribution in [2.24, 2.45) is 11.8 Å². The van der Waals surface area contributed by atoms with Crippen LogP contribution in [0.25, 0.3) is 10.8 Å². The number of rotatable bonds is 9. The minimum absolute atomic E-state index is 0.131. The molecule has 3 rings (SSSR count). The predicted octanol–water partition coefficient (Wildman–Crippen LogP) is 4.53. The molecule has 166 valence electrons. The third kappa shape index (κ3) is 5.70. The van der Waals surface area contributed by atoms with Crippen LogP contribution in [0.5, 0.6) is 0 Å². The highest BCUT2D eigenvalue weighted by atomic mass is 32.2. The molecular formula is C23H29N3O3S2. The van der Waals surface area contributed by atoms with Crippen molar-refractivity contribution in [3.63, 3.8) is 0 Å².